The van der Waals surface area contributed by atoms with E-state index in [9.17, 15) is 4.79 Å². The quantitative estimate of drug-likeness (QED) is 0.196. The van der Waals surface area contributed by atoms with E-state index >= 15 is 0 Å². The van der Waals surface area contributed by atoms with Crippen LogP contribution in [0.1, 0.15) is 71.1 Å². The van der Waals surface area contributed by atoms with Crippen LogP contribution in [0.5, 0.6) is 0 Å². The number of hydrogen-bond donors (Lipinski definition) is 0. The summed E-state index contributed by atoms with van der Waals surface area (Å²) in [7, 11) is 0. The molecule has 0 aromatic rings. The van der Waals surface area contributed by atoms with Gasteiger partial charge < -0.3 is 0 Å². The van der Waals surface area contributed by atoms with Gasteiger partial charge in [0.05, 0.1) is 0 Å². The van der Waals surface area contributed by atoms with Crippen LogP contribution in [0.4, 0.5) is 0 Å². The number of allylic oxidation sites excluding steroid dienone is 4. The smallest absolute Gasteiger partial charge is 0.142 e. The molecule has 0 amide bonds. The summed E-state index contributed by atoms with van der Waals surface area (Å²) in [6.45, 7) is 2.24. The van der Waals surface area contributed by atoms with Crippen molar-refractivity contribution in [1.82, 2.24) is 0 Å². The lowest BCUT2D eigenvalue weighted by atomic mass is 10.1. The molecule has 0 saturated carbocycles. The van der Waals surface area contributed by atoms with E-state index in [4.69, 9.17) is 0 Å². The highest BCUT2D eigenvalue weighted by Crippen LogP contribution is 2.07. The van der Waals surface area contributed by atoms with E-state index in [-0.39, 0.29) is 0 Å². The Kier molecular flexibility index (Phi) is 14.4. The maximum absolute atomic E-state index is 10.0. The molecule has 0 atom stereocenters. The third kappa shape index (κ3) is 15.1. The van der Waals surface area contributed by atoms with Gasteiger partial charge in [-0.05, 0) is 44.6 Å². The summed E-state index contributed by atoms with van der Waals surface area (Å²) in [5, 5.41) is 0. The molecule has 0 fully saturated rings. The Morgan fingerprint density at radius 3 is 1.76 bits per heavy atom. The van der Waals surface area contributed by atoms with E-state index in [1.807, 2.05) is 6.08 Å². The Balaban J connectivity index is 3.07. The molecule has 17 heavy (non-hydrogen) atoms. The third-order valence-corrected chi connectivity index (χ3v) is 2.85. The average molecular weight is 236 g/mol. The van der Waals surface area contributed by atoms with Gasteiger partial charge in [-0.15, -0.1) is 0 Å². The third-order valence-electron chi connectivity index (χ3n) is 2.85. The van der Waals surface area contributed by atoms with Crippen LogP contribution in [0.3, 0.4) is 0 Å². The highest BCUT2D eigenvalue weighted by Gasteiger charge is 1.87. The van der Waals surface area contributed by atoms with Gasteiger partial charge in [0.2, 0.25) is 0 Å². The normalized spacial score (nSPS) is 11.6. The number of hydrogen-bond acceptors (Lipinski definition) is 1. The highest BCUT2D eigenvalue weighted by molar-refractivity contribution is 5.64. The molecule has 0 aliphatic carbocycles. The summed E-state index contributed by atoms with van der Waals surface area (Å²) in [5.74, 6) is 0. The van der Waals surface area contributed by atoms with Gasteiger partial charge in [0.15, 0.2) is 0 Å². The molecule has 0 rings (SSSR count). The zero-order valence-corrected chi connectivity index (χ0v) is 11.4. The molecule has 0 aliphatic rings. The van der Waals surface area contributed by atoms with E-state index in [0.717, 1.165) is 12.7 Å². The van der Waals surface area contributed by atoms with E-state index in [1.165, 1.54) is 57.8 Å². The van der Waals surface area contributed by atoms with E-state index in [2.05, 4.69) is 19.1 Å². The van der Waals surface area contributed by atoms with Crippen LogP contribution in [0.25, 0.3) is 0 Å². The summed E-state index contributed by atoms with van der Waals surface area (Å²) >= 11 is 0. The van der Waals surface area contributed by atoms with Gasteiger partial charge in [-0.25, -0.2) is 0 Å². The first-order valence-electron chi connectivity index (χ1n) is 7.17. The molecular weight excluding hydrogens is 208 g/mol. The standard InChI is InChI=1S/C16H28O/c1-2-3-4-5-6-7-8-9-10-11-12-13-14-15-16-17/h6-7,14-16H,2-5,8-13H2,1H3/b7-6-,15-14-. The molecule has 0 heterocycles. The molecule has 0 spiro atoms. The van der Waals surface area contributed by atoms with E-state index < -0.39 is 0 Å². The Hall–Kier alpha value is -0.850. The van der Waals surface area contributed by atoms with Gasteiger partial charge in [0.25, 0.3) is 0 Å². The monoisotopic (exact) mass is 236 g/mol. The lowest BCUT2D eigenvalue weighted by Gasteiger charge is -1.97. The maximum Gasteiger partial charge on any atom is 0.142 e. The minimum Gasteiger partial charge on any atom is -0.299 e. The van der Waals surface area contributed by atoms with Gasteiger partial charge >= 0.3 is 0 Å². The SMILES string of the molecule is CCCCC/C=C\CCCCCC/C=C\C=O. The molecule has 0 bridgehead atoms. The molecule has 0 radical (unpaired) electrons. The molecule has 1 heteroatoms. The molecular formula is C16H28O. The Morgan fingerprint density at radius 1 is 0.706 bits per heavy atom. The van der Waals surface area contributed by atoms with Crippen molar-refractivity contribution in [3.63, 3.8) is 0 Å². The Morgan fingerprint density at radius 2 is 1.24 bits per heavy atom. The summed E-state index contributed by atoms with van der Waals surface area (Å²) in [5.41, 5.74) is 0. The molecule has 0 saturated heterocycles. The topological polar surface area (TPSA) is 17.1 Å². The van der Waals surface area contributed by atoms with Crippen LogP contribution in [0.15, 0.2) is 24.3 Å². The predicted molar refractivity (Wildman–Crippen MR) is 76.2 cm³/mol. The number of carbonyl (C=O) groups is 1. The van der Waals surface area contributed by atoms with Crippen LogP contribution in [-0.4, -0.2) is 6.29 Å². The van der Waals surface area contributed by atoms with Crippen LogP contribution in [-0.2, 0) is 4.79 Å². The van der Waals surface area contributed by atoms with Crippen molar-refractivity contribution in [3.05, 3.63) is 24.3 Å². The Bertz CT molecular complexity index is 204. The lowest BCUT2D eigenvalue weighted by molar-refractivity contribution is -0.104. The zero-order chi connectivity index (χ0) is 12.6. The molecule has 0 aromatic heterocycles. The second kappa shape index (κ2) is 15.1. The van der Waals surface area contributed by atoms with E-state index in [0.29, 0.717) is 0 Å². The molecule has 0 N–H and O–H groups in total. The summed E-state index contributed by atoms with van der Waals surface area (Å²) in [6.07, 6.45) is 21.7. The van der Waals surface area contributed by atoms with Crippen molar-refractivity contribution in [2.75, 3.05) is 0 Å². The van der Waals surface area contributed by atoms with Gasteiger partial charge in [0.1, 0.15) is 6.29 Å². The zero-order valence-electron chi connectivity index (χ0n) is 11.4. The molecule has 0 unspecified atom stereocenters. The molecule has 0 aromatic carbocycles. The maximum atomic E-state index is 10.0. The number of unbranched alkanes of at least 4 members (excludes halogenated alkanes) is 8. The minimum absolute atomic E-state index is 0.851. The van der Waals surface area contributed by atoms with Crippen molar-refractivity contribution < 1.29 is 4.79 Å². The number of carbonyl (C=O) groups excluding carboxylic acids is 1. The van der Waals surface area contributed by atoms with Crippen LogP contribution >= 0.6 is 0 Å². The second-order valence-corrected chi connectivity index (χ2v) is 4.52. The van der Waals surface area contributed by atoms with Crippen molar-refractivity contribution in [1.29, 1.82) is 0 Å². The first kappa shape index (κ1) is 16.1. The molecule has 0 aliphatic heterocycles. The summed E-state index contributed by atoms with van der Waals surface area (Å²) in [4.78, 5) is 10.0. The van der Waals surface area contributed by atoms with Crippen LogP contribution in [0.2, 0.25) is 0 Å². The van der Waals surface area contributed by atoms with Crippen LogP contribution < -0.4 is 0 Å². The fourth-order valence-electron chi connectivity index (χ4n) is 1.78. The largest absolute Gasteiger partial charge is 0.299 e. The molecule has 98 valence electrons. The Labute approximate surface area is 107 Å². The van der Waals surface area contributed by atoms with Gasteiger partial charge in [-0.1, -0.05) is 50.8 Å². The van der Waals surface area contributed by atoms with Crippen molar-refractivity contribution in [2.24, 2.45) is 0 Å². The fraction of sp³-hybridized carbons (Fsp3) is 0.688. The first-order chi connectivity index (χ1) is 8.41. The van der Waals surface area contributed by atoms with Gasteiger partial charge in [-0.2, -0.15) is 0 Å². The number of rotatable bonds is 12. The lowest BCUT2D eigenvalue weighted by Crippen LogP contribution is -1.77. The van der Waals surface area contributed by atoms with Crippen molar-refractivity contribution in [2.45, 2.75) is 71.1 Å². The van der Waals surface area contributed by atoms with Crippen molar-refractivity contribution in [3.8, 4) is 0 Å². The summed E-state index contributed by atoms with van der Waals surface area (Å²) < 4.78 is 0. The molecule has 1 nitrogen and oxygen atoms in total. The average Bonchev–Trinajstić information content (AvgIpc) is 2.35. The highest BCUT2D eigenvalue weighted by atomic mass is 16.1. The van der Waals surface area contributed by atoms with Gasteiger partial charge in [0, 0.05) is 0 Å². The first-order valence-corrected chi connectivity index (χ1v) is 7.17. The van der Waals surface area contributed by atoms with Crippen LogP contribution in [0, 0.1) is 0 Å². The second-order valence-electron chi connectivity index (χ2n) is 4.52. The van der Waals surface area contributed by atoms with E-state index in [1.54, 1.807) is 6.08 Å². The summed E-state index contributed by atoms with van der Waals surface area (Å²) in [6, 6.07) is 0. The fourth-order valence-corrected chi connectivity index (χ4v) is 1.78. The number of aldehydes is 1. The van der Waals surface area contributed by atoms with Gasteiger partial charge in [-0.3, -0.25) is 4.79 Å². The van der Waals surface area contributed by atoms with Crippen molar-refractivity contribution >= 4 is 6.29 Å². The predicted octanol–water partition coefficient (Wildman–Crippen LogP) is 5.22. The minimum atomic E-state index is 0.851.